The number of nitrogens with two attached hydrogens (primary N) is 2. The molecule has 35 heteroatoms. The fraction of sp³-hybridized carbons (Fsp3) is 0.607. The number of hydrogen-bond acceptors (Lipinski definition) is 19. The summed E-state index contributed by atoms with van der Waals surface area (Å²) >= 11 is 0. The summed E-state index contributed by atoms with van der Waals surface area (Å²) in [4.78, 5) is 212. The van der Waals surface area contributed by atoms with Gasteiger partial charge in [0.25, 0.3) is 0 Å². The lowest BCUT2D eigenvalue weighted by atomic mass is 10.0. The molecule has 2 rings (SSSR count). The van der Waals surface area contributed by atoms with E-state index in [1.807, 2.05) is 0 Å². The van der Waals surface area contributed by atoms with Crippen LogP contribution in [0, 0.1) is 11.8 Å². The lowest BCUT2D eigenvalue weighted by Gasteiger charge is -2.27. The Balaban J connectivity index is 2.74. The third kappa shape index (κ3) is 30.0. The van der Waals surface area contributed by atoms with Crippen LogP contribution in [0.2, 0.25) is 0 Å². The number of amides is 12. The number of nitrogens with one attached hydrogen (secondary N) is 11. The summed E-state index contributed by atoms with van der Waals surface area (Å²) in [5.74, 6) is -20.7. The number of carboxylic acid groups (broad SMARTS) is 4. The van der Waals surface area contributed by atoms with Gasteiger partial charge in [0, 0.05) is 32.2 Å². The molecule has 12 amide bonds. The number of carbonyl (C=O) groups is 16. The summed E-state index contributed by atoms with van der Waals surface area (Å²) < 4.78 is 0. The minimum absolute atomic E-state index is 0.0465. The number of rotatable bonds is 24. The van der Waals surface area contributed by atoms with Crippen molar-refractivity contribution < 1.29 is 107 Å². The first kappa shape index (κ1) is 77.6. The highest BCUT2D eigenvalue weighted by Gasteiger charge is 2.37. The topological polar surface area (TPSA) is 579 Å². The Morgan fingerprint density at radius 1 is 0.538 bits per heavy atom. The number of primary amides is 1. The van der Waals surface area contributed by atoms with Gasteiger partial charge in [0.15, 0.2) is 0 Å². The van der Waals surface area contributed by atoms with E-state index in [1.165, 1.54) is 24.3 Å². The molecule has 91 heavy (non-hydrogen) atoms. The van der Waals surface area contributed by atoms with Gasteiger partial charge in [0.2, 0.25) is 70.9 Å². The van der Waals surface area contributed by atoms with Crippen LogP contribution in [0.4, 0.5) is 0 Å². The molecule has 1 fully saturated rings. The molecule has 1 aromatic rings. The molecule has 1 aliphatic rings. The average Bonchev–Trinajstić information content (AvgIpc) is 3.61. The van der Waals surface area contributed by atoms with E-state index in [2.05, 4.69) is 58.5 Å². The minimum atomic E-state index is -2.04. The number of benzene rings is 1. The maximum Gasteiger partial charge on any atom is 0.305 e. The molecule has 21 N–H and O–H groups in total. The number of aliphatic hydroxyl groups excluding tert-OH is 1. The largest absolute Gasteiger partial charge is 0.508 e. The number of phenols is 1. The highest BCUT2D eigenvalue weighted by Crippen LogP contribution is 2.15. The zero-order chi connectivity index (χ0) is 68.8. The number of aliphatic hydroxyl groups is 1. The fourth-order valence-corrected chi connectivity index (χ4v) is 8.92. The number of carboxylic acids is 4. The van der Waals surface area contributed by atoms with Crippen LogP contribution in [0.3, 0.4) is 0 Å². The molecule has 1 saturated heterocycles. The average molecular weight is 1290 g/mol. The molecule has 0 radical (unpaired) electrons. The molecule has 1 aromatic carbocycles. The van der Waals surface area contributed by atoms with Crippen LogP contribution in [0.15, 0.2) is 24.3 Å². The number of phenolic OH excluding ortho intramolecular Hbond substituents is 1. The zero-order valence-corrected chi connectivity index (χ0v) is 51.0. The van der Waals surface area contributed by atoms with E-state index in [-0.39, 0.29) is 62.7 Å². The van der Waals surface area contributed by atoms with Gasteiger partial charge in [-0.25, -0.2) is 0 Å². The van der Waals surface area contributed by atoms with Crippen LogP contribution in [0.1, 0.15) is 124 Å². The lowest BCUT2D eigenvalue weighted by Crippen LogP contribution is -2.61. The quantitative estimate of drug-likeness (QED) is 0.0459. The van der Waals surface area contributed by atoms with Crippen LogP contribution in [-0.4, -0.2) is 205 Å². The smallest absolute Gasteiger partial charge is 0.305 e. The van der Waals surface area contributed by atoms with E-state index in [9.17, 15) is 107 Å². The predicted octanol–water partition coefficient (Wildman–Crippen LogP) is -5.54. The monoisotopic (exact) mass is 1290 g/mol. The lowest BCUT2D eigenvalue weighted by molar-refractivity contribution is -0.142. The maximum atomic E-state index is 14.1. The third-order valence-corrected chi connectivity index (χ3v) is 13.7. The Labute approximate surface area is 522 Å². The predicted molar refractivity (Wildman–Crippen MR) is 314 cm³/mol. The molecule has 11 atom stereocenters. The van der Waals surface area contributed by atoms with Gasteiger partial charge in [-0.05, 0) is 87.8 Å². The number of aromatic hydroxyl groups is 1. The highest BCUT2D eigenvalue weighted by molar-refractivity contribution is 6.00. The Hall–Kier alpha value is -9.54. The van der Waals surface area contributed by atoms with Crippen molar-refractivity contribution in [2.45, 2.75) is 191 Å². The molecule has 1 aliphatic heterocycles. The van der Waals surface area contributed by atoms with Crippen LogP contribution < -0.4 is 70.0 Å². The van der Waals surface area contributed by atoms with Crippen molar-refractivity contribution in [3.8, 4) is 5.75 Å². The first-order chi connectivity index (χ1) is 42.6. The molecule has 0 bridgehead atoms. The van der Waals surface area contributed by atoms with Gasteiger partial charge in [-0.15, -0.1) is 0 Å². The Morgan fingerprint density at radius 3 is 1.49 bits per heavy atom. The standard InChI is InChI=1S/C56H85N13O22/c1-26(2)20-35(47(58)82)65-54(89)37(22-29-9-11-30(71)12-10-29)62-40(72)23-38-49(84)59-19-7-6-8-31(57)48(83)66-36(21-27(3)4)53(88)68-39(24-45(80)81)55(90)64-33(14-17-43(76)77)51(86)63-34(15-18-44(78)79)52(87)69-46(28(5)70)56(91)60-25-41(73)61-32(50(85)67-38)13-16-42(74)75/h9-12,26-28,31-39,46,70-71H,6-8,13-25,57H2,1-5H3,(H2,58,82)(H,59,84)(H,60,91)(H,61,73)(H,62,72)(H,63,86)(H,64,90)(H,65,89)(H,66,83)(H,67,85)(H,68,88)(H,69,87)(H,74,75)(H,76,77)(H,78,79)(H,80,81)/t28-,31+,32+,33+,34+,35+,36+,37+,38+,39+,46+/m1/s1. The highest BCUT2D eigenvalue weighted by atomic mass is 16.4. The SMILES string of the molecule is CC(C)C[C@H](NC(=O)[C@H](Cc1ccc(O)cc1)NC(=O)C[C@@H]1NC(=O)[C@H](CCC(=O)O)NC(=O)CNC(=O)[C@H]([C@@H](C)O)NC(=O)[C@H](CCC(=O)O)NC(=O)[C@H](CCC(=O)O)NC(=O)[C@H](CC(=O)O)NC(=O)[C@H](CC(C)C)NC(=O)[C@@H](N)CCCCNC1=O)C(N)=O. The van der Waals surface area contributed by atoms with Gasteiger partial charge in [-0.3, -0.25) is 76.7 Å². The summed E-state index contributed by atoms with van der Waals surface area (Å²) in [6.45, 7) is 6.47. The minimum Gasteiger partial charge on any atom is -0.508 e. The van der Waals surface area contributed by atoms with Crippen molar-refractivity contribution in [1.82, 2.24) is 58.5 Å². The normalized spacial score (nSPS) is 22.8. The van der Waals surface area contributed by atoms with Crippen molar-refractivity contribution in [1.29, 1.82) is 0 Å². The molecular weight excluding hydrogens is 1210 g/mol. The Morgan fingerprint density at radius 2 is 1.01 bits per heavy atom. The summed E-state index contributed by atoms with van der Waals surface area (Å²) in [5.41, 5.74) is 12.2. The van der Waals surface area contributed by atoms with Gasteiger partial charge in [-0.2, -0.15) is 0 Å². The van der Waals surface area contributed by atoms with Crippen LogP contribution in [-0.2, 0) is 83.1 Å². The molecule has 0 aromatic heterocycles. The molecule has 506 valence electrons. The number of hydrogen-bond donors (Lipinski definition) is 19. The molecule has 35 nitrogen and oxygen atoms in total. The fourth-order valence-electron chi connectivity index (χ4n) is 8.92. The summed E-state index contributed by atoms with van der Waals surface area (Å²) in [5, 5.41) is 84.0. The van der Waals surface area contributed by atoms with Gasteiger partial charge in [0.05, 0.1) is 31.5 Å². The van der Waals surface area contributed by atoms with E-state index in [0.29, 0.717) is 5.56 Å². The van der Waals surface area contributed by atoms with Crippen molar-refractivity contribution in [2.75, 3.05) is 13.1 Å². The Bertz CT molecular complexity index is 2780. The van der Waals surface area contributed by atoms with E-state index in [1.54, 1.807) is 27.7 Å². The van der Waals surface area contributed by atoms with Crippen molar-refractivity contribution in [3.63, 3.8) is 0 Å². The third-order valence-electron chi connectivity index (χ3n) is 13.7. The molecular formula is C56H85N13O22. The van der Waals surface area contributed by atoms with E-state index in [4.69, 9.17) is 11.5 Å². The molecule has 0 unspecified atom stereocenters. The summed E-state index contributed by atoms with van der Waals surface area (Å²) in [7, 11) is 0. The van der Waals surface area contributed by atoms with Gasteiger partial charge in [-0.1, -0.05) is 39.8 Å². The van der Waals surface area contributed by atoms with E-state index >= 15 is 0 Å². The van der Waals surface area contributed by atoms with E-state index in [0.717, 1.165) is 6.92 Å². The first-order valence-electron chi connectivity index (χ1n) is 29.2. The zero-order valence-electron chi connectivity index (χ0n) is 51.0. The van der Waals surface area contributed by atoms with Gasteiger partial charge < -0.3 is 101 Å². The van der Waals surface area contributed by atoms with Gasteiger partial charge >= 0.3 is 23.9 Å². The molecule has 0 aliphatic carbocycles. The van der Waals surface area contributed by atoms with Gasteiger partial charge in [0.1, 0.15) is 60.1 Å². The summed E-state index contributed by atoms with van der Waals surface area (Å²) in [6.07, 6.45) is -8.99. The molecule has 0 saturated carbocycles. The first-order valence-corrected chi connectivity index (χ1v) is 29.2. The van der Waals surface area contributed by atoms with Crippen molar-refractivity contribution >= 4 is 94.8 Å². The van der Waals surface area contributed by atoms with Crippen LogP contribution >= 0.6 is 0 Å². The Kier molecular flexibility index (Phi) is 33.0. The van der Waals surface area contributed by atoms with Crippen LogP contribution in [0.5, 0.6) is 5.75 Å². The number of aliphatic carboxylic acids is 4. The van der Waals surface area contributed by atoms with E-state index < -0.39 is 219 Å². The second-order valence-corrected chi connectivity index (χ2v) is 22.6. The van der Waals surface area contributed by atoms with Crippen LogP contribution in [0.25, 0.3) is 0 Å². The second kappa shape index (κ2) is 38.8. The van der Waals surface area contributed by atoms with Crippen molar-refractivity contribution in [3.05, 3.63) is 29.8 Å². The maximum absolute atomic E-state index is 14.1. The summed E-state index contributed by atoms with van der Waals surface area (Å²) in [6, 6.07) is -11.8. The molecule has 0 spiro atoms. The molecule has 1 heterocycles. The van der Waals surface area contributed by atoms with Crippen molar-refractivity contribution in [2.24, 2.45) is 23.3 Å². The second-order valence-electron chi connectivity index (χ2n) is 22.6. The number of carbonyl (C=O) groups excluding carboxylic acids is 12.